The van der Waals surface area contributed by atoms with Gasteiger partial charge in [0.15, 0.2) is 10.0 Å². The van der Waals surface area contributed by atoms with Gasteiger partial charge in [-0.25, -0.2) is 9.78 Å². The van der Waals surface area contributed by atoms with Gasteiger partial charge < -0.3 is 20.1 Å². The minimum Gasteiger partial charge on any atom is -0.497 e. The van der Waals surface area contributed by atoms with Gasteiger partial charge in [-0.15, -0.1) is 11.3 Å². The van der Waals surface area contributed by atoms with Gasteiger partial charge in [0.1, 0.15) is 5.75 Å². The van der Waals surface area contributed by atoms with E-state index in [1.807, 2.05) is 11.0 Å². The van der Waals surface area contributed by atoms with Crippen molar-refractivity contribution in [2.45, 2.75) is 23.2 Å². The van der Waals surface area contributed by atoms with Crippen LogP contribution in [0.25, 0.3) is 0 Å². The number of ether oxygens (including phenoxy) is 1. The van der Waals surface area contributed by atoms with Gasteiger partial charge in [0.05, 0.1) is 17.8 Å². The molecule has 0 aliphatic carbocycles. The van der Waals surface area contributed by atoms with Gasteiger partial charge in [-0.05, 0) is 18.6 Å². The number of thiazole rings is 1. The van der Waals surface area contributed by atoms with Crippen LogP contribution in [0.5, 0.6) is 5.75 Å². The van der Waals surface area contributed by atoms with Crippen LogP contribution in [0.3, 0.4) is 0 Å². The molecule has 1 saturated heterocycles. The van der Waals surface area contributed by atoms with E-state index in [4.69, 9.17) is 21.4 Å². The van der Waals surface area contributed by atoms with E-state index in [1.165, 1.54) is 28.5 Å². The van der Waals surface area contributed by atoms with Crippen molar-refractivity contribution < 1.29 is 19.4 Å². The van der Waals surface area contributed by atoms with Crippen molar-refractivity contribution in [2.24, 2.45) is 0 Å². The minimum absolute atomic E-state index is 0.0574. The Morgan fingerprint density at radius 3 is 3.07 bits per heavy atom. The molecule has 10 heteroatoms. The number of likely N-dealkylation sites (tertiary alicyclic amines) is 1. The van der Waals surface area contributed by atoms with E-state index in [1.54, 1.807) is 19.2 Å². The van der Waals surface area contributed by atoms with Crippen LogP contribution >= 0.6 is 34.7 Å². The van der Waals surface area contributed by atoms with Gasteiger partial charge in [0.25, 0.3) is 0 Å². The zero-order chi connectivity index (χ0) is 20.1. The van der Waals surface area contributed by atoms with Crippen molar-refractivity contribution in [3.8, 4) is 5.75 Å². The second-order valence-electron chi connectivity index (χ2n) is 6.16. The number of nitrogens with zero attached hydrogens (tertiary/aromatic N) is 2. The van der Waals surface area contributed by atoms with Crippen LogP contribution in [-0.2, 0) is 4.79 Å². The summed E-state index contributed by atoms with van der Waals surface area (Å²) < 4.78 is 5.92. The number of rotatable bonds is 9. The van der Waals surface area contributed by atoms with Gasteiger partial charge >= 0.3 is 5.97 Å². The van der Waals surface area contributed by atoms with E-state index in [2.05, 4.69) is 10.3 Å². The third-order valence-electron chi connectivity index (χ3n) is 4.41. The summed E-state index contributed by atoms with van der Waals surface area (Å²) in [5.41, 5.74) is 0.834. The number of nitrogens with one attached hydrogen (secondary N) is 1. The summed E-state index contributed by atoms with van der Waals surface area (Å²) in [6, 6.07) is 5.49. The maximum atomic E-state index is 12.3. The summed E-state index contributed by atoms with van der Waals surface area (Å²) in [5.74, 6) is 0.482. The van der Waals surface area contributed by atoms with Crippen LogP contribution in [0, 0.1) is 0 Å². The molecule has 0 saturated carbocycles. The summed E-state index contributed by atoms with van der Waals surface area (Å²) in [7, 11) is 1.60. The second-order valence-corrected chi connectivity index (χ2v) is 8.77. The minimum atomic E-state index is -1.03. The van der Waals surface area contributed by atoms with E-state index < -0.39 is 5.97 Å². The Hall–Kier alpha value is -1.97. The van der Waals surface area contributed by atoms with Crippen LogP contribution in [0.15, 0.2) is 27.9 Å². The highest BCUT2D eigenvalue weighted by molar-refractivity contribution is 8.01. The lowest BCUT2D eigenvalue weighted by molar-refractivity contribution is -0.128. The topological polar surface area (TPSA) is 91.8 Å². The summed E-state index contributed by atoms with van der Waals surface area (Å²) in [4.78, 5) is 29.1. The molecule has 1 aromatic carbocycles. The molecule has 28 heavy (non-hydrogen) atoms. The average Bonchev–Trinajstić information content (AvgIpc) is 3.29. The molecule has 3 rings (SSSR count). The Kier molecular flexibility index (Phi) is 7.03. The summed E-state index contributed by atoms with van der Waals surface area (Å²) in [5, 5.41) is 14.4. The first-order valence-electron chi connectivity index (χ1n) is 8.66. The molecule has 2 heterocycles. The quantitative estimate of drug-likeness (QED) is 0.573. The van der Waals surface area contributed by atoms with Crippen LogP contribution in [0.1, 0.15) is 23.3 Å². The number of methoxy groups -OCH3 is 1. The van der Waals surface area contributed by atoms with Crippen LogP contribution in [0.2, 0.25) is 5.02 Å². The lowest BCUT2D eigenvalue weighted by Gasteiger charge is -2.25. The van der Waals surface area contributed by atoms with Crippen LogP contribution < -0.4 is 10.1 Å². The predicted octanol–water partition coefficient (Wildman–Crippen LogP) is 3.70. The molecule has 1 atom stereocenters. The summed E-state index contributed by atoms with van der Waals surface area (Å²) in [6.45, 7) is 1.19. The van der Waals surface area contributed by atoms with Crippen molar-refractivity contribution in [3.63, 3.8) is 0 Å². The molecular weight excluding hydrogens is 422 g/mol. The number of carbonyl (C=O) groups excluding carboxylic acids is 1. The van der Waals surface area contributed by atoms with E-state index in [9.17, 15) is 9.59 Å². The maximum absolute atomic E-state index is 12.3. The first-order chi connectivity index (χ1) is 13.5. The van der Waals surface area contributed by atoms with E-state index in [-0.39, 0.29) is 17.6 Å². The standard InChI is InChI=1S/C18H20ClN3O4S2/c1-26-12-3-4-13(19)14(8-12)20-9-11-2-5-16(23)22(11)6-7-27-18-21-15(10-28-18)17(24)25/h3-4,8,10-11,20H,2,5-7,9H2,1H3,(H,24,25). The second kappa shape index (κ2) is 9.49. The van der Waals surface area contributed by atoms with Crippen LogP contribution in [-0.4, -0.2) is 58.9 Å². The first-order valence-corrected chi connectivity index (χ1v) is 10.9. The number of carbonyl (C=O) groups is 2. The number of anilines is 1. The zero-order valence-electron chi connectivity index (χ0n) is 15.2. The lowest BCUT2D eigenvalue weighted by atomic mass is 10.2. The van der Waals surface area contributed by atoms with Crippen molar-refractivity contribution in [3.05, 3.63) is 34.3 Å². The highest BCUT2D eigenvalue weighted by Gasteiger charge is 2.30. The molecule has 0 radical (unpaired) electrons. The van der Waals surface area contributed by atoms with Crippen molar-refractivity contribution in [1.82, 2.24) is 9.88 Å². The molecule has 150 valence electrons. The Labute approximate surface area is 176 Å². The molecule has 7 nitrogen and oxygen atoms in total. The normalized spacial score (nSPS) is 16.4. The van der Waals surface area contributed by atoms with Crippen molar-refractivity contribution >= 4 is 52.3 Å². The number of amides is 1. The number of hydrogen-bond donors (Lipinski definition) is 2. The highest BCUT2D eigenvalue weighted by atomic mass is 35.5. The molecule has 1 aliphatic rings. The Morgan fingerprint density at radius 1 is 1.54 bits per heavy atom. The number of aromatic carboxylic acids is 1. The maximum Gasteiger partial charge on any atom is 0.355 e. The predicted molar refractivity (Wildman–Crippen MR) is 111 cm³/mol. The Morgan fingerprint density at radius 2 is 2.36 bits per heavy atom. The Balaban J connectivity index is 1.53. The largest absolute Gasteiger partial charge is 0.497 e. The van der Waals surface area contributed by atoms with Gasteiger partial charge in [0, 0.05) is 42.8 Å². The number of hydrogen-bond acceptors (Lipinski definition) is 7. The van der Waals surface area contributed by atoms with Gasteiger partial charge in [-0.2, -0.15) is 0 Å². The molecule has 2 aromatic rings. The number of benzene rings is 1. The van der Waals surface area contributed by atoms with Crippen molar-refractivity contribution in [2.75, 3.05) is 31.3 Å². The van der Waals surface area contributed by atoms with E-state index >= 15 is 0 Å². The molecule has 1 aliphatic heterocycles. The summed E-state index contributed by atoms with van der Waals surface area (Å²) in [6.07, 6.45) is 1.32. The number of halogens is 1. The fourth-order valence-electron chi connectivity index (χ4n) is 2.96. The fourth-order valence-corrected chi connectivity index (χ4v) is 4.95. The molecule has 1 fully saturated rings. The van der Waals surface area contributed by atoms with Gasteiger partial charge in [-0.3, -0.25) is 4.79 Å². The fraction of sp³-hybridized carbons (Fsp3) is 0.389. The molecule has 1 unspecified atom stereocenters. The first kappa shape index (κ1) is 20.8. The van der Waals surface area contributed by atoms with Gasteiger partial charge in [0.2, 0.25) is 5.91 Å². The summed E-state index contributed by atoms with van der Waals surface area (Å²) >= 11 is 9.00. The van der Waals surface area contributed by atoms with Crippen LogP contribution in [0.4, 0.5) is 5.69 Å². The number of aromatic nitrogens is 1. The number of thioether (sulfide) groups is 1. The molecule has 0 bridgehead atoms. The van der Waals surface area contributed by atoms with E-state index in [0.717, 1.165) is 12.1 Å². The zero-order valence-corrected chi connectivity index (χ0v) is 17.6. The third-order valence-corrected chi connectivity index (χ3v) is 6.74. The molecule has 0 spiro atoms. The van der Waals surface area contributed by atoms with Gasteiger partial charge in [-0.1, -0.05) is 23.4 Å². The van der Waals surface area contributed by atoms with Crippen molar-refractivity contribution in [1.29, 1.82) is 0 Å². The molecular formula is C18H20ClN3O4S2. The monoisotopic (exact) mass is 441 g/mol. The molecule has 1 amide bonds. The smallest absolute Gasteiger partial charge is 0.355 e. The highest BCUT2D eigenvalue weighted by Crippen LogP contribution is 2.28. The molecule has 2 N–H and O–H groups in total. The number of carboxylic acid groups (broad SMARTS) is 1. The SMILES string of the molecule is COc1ccc(Cl)c(NCC2CCC(=O)N2CCSc2nc(C(=O)O)cs2)c1. The Bertz CT molecular complexity index is 861. The van der Waals surface area contributed by atoms with E-state index in [0.29, 0.717) is 40.4 Å². The average molecular weight is 442 g/mol. The third kappa shape index (κ3) is 5.09. The number of carboxylic acids is 1. The lowest BCUT2D eigenvalue weighted by Crippen LogP contribution is -2.39. The molecule has 1 aromatic heterocycles.